The molecule has 1 saturated carbocycles. The Labute approximate surface area is 182 Å². The number of ether oxygens (including phenoxy) is 1. The number of fused-ring (bicyclic) bond motifs is 1. The highest BCUT2D eigenvalue weighted by atomic mass is 19.4. The number of aromatic carboxylic acids is 1. The Hall–Kier alpha value is -3.29. The van der Waals surface area contributed by atoms with E-state index in [2.05, 4.69) is 0 Å². The Morgan fingerprint density at radius 3 is 2.59 bits per heavy atom. The van der Waals surface area contributed by atoms with Gasteiger partial charge in [-0.2, -0.15) is 13.2 Å². The van der Waals surface area contributed by atoms with Gasteiger partial charge < -0.3 is 14.4 Å². The summed E-state index contributed by atoms with van der Waals surface area (Å²) in [6.07, 6.45) is -0.548. The normalized spacial score (nSPS) is 17.7. The Bertz CT molecular complexity index is 1240. The second-order valence-corrected chi connectivity index (χ2v) is 8.47. The van der Waals surface area contributed by atoms with Crippen molar-refractivity contribution in [3.63, 3.8) is 0 Å². The van der Waals surface area contributed by atoms with Crippen molar-refractivity contribution >= 4 is 22.8 Å². The molecule has 1 aliphatic carbocycles. The van der Waals surface area contributed by atoms with Gasteiger partial charge in [0, 0.05) is 17.4 Å². The minimum atomic E-state index is -4.47. The van der Waals surface area contributed by atoms with Gasteiger partial charge in [-0.15, -0.1) is 0 Å². The minimum absolute atomic E-state index is 0.0233. The lowest BCUT2D eigenvalue weighted by molar-refractivity contribution is -0.137. The SMILES string of the molecule is O=C(O)c1c(C2=NC3(CCCC3)CO2)c2ccccc2n1Cc1cccc(C(F)(F)F)c1. The second-order valence-electron chi connectivity index (χ2n) is 8.47. The number of halogens is 3. The topological polar surface area (TPSA) is 63.8 Å². The van der Waals surface area contributed by atoms with E-state index in [1.165, 1.54) is 10.6 Å². The van der Waals surface area contributed by atoms with Crippen LogP contribution in [0.5, 0.6) is 0 Å². The van der Waals surface area contributed by atoms with E-state index in [1.807, 2.05) is 0 Å². The maximum atomic E-state index is 13.2. The average molecular weight is 442 g/mol. The monoisotopic (exact) mass is 442 g/mol. The maximum absolute atomic E-state index is 13.2. The van der Waals surface area contributed by atoms with E-state index < -0.39 is 17.7 Å². The molecule has 0 bridgehead atoms. The number of aliphatic imine (C=N–C) groups is 1. The lowest BCUT2D eigenvalue weighted by atomic mass is 10.0. The molecular formula is C24H21F3N2O3. The van der Waals surface area contributed by atoms with Gasteiger partial charge in [-0.1, -0.05) is 43.2 Å². The summed E-state index contributed by atoms with van der Waals surface area (Å²) in [7, 11) is 0. The quantitative estimate of drug-likeness (QED) is 0.581. The number of rotatable bonds is 4. The highest BCUT2D eigenvalue weighted by molar-refractivity contribution is 6.15. The zero-order valence-corrected chi connectivity index (χ0v) is 17.2. The minimum Gasteiger partial charge on any atom is -0.477 e. The number of nitrogens with zero attached hydrogens (tertiary/aromatic N) is 2. The van der Waals surface area contributed by atoms with Crippen LogP contribution in [0.25, 0.3) is 10.9 Å². The Morgan fingerprint density at radius 2 is 1.88 bits per heavy atom. The Kier molecular flexibility index (Phi) is 4.76. The molecule has 32 heavy (non-hydrogen) atoms. The lowest BCUT2D eigenvalue weighted by Gasteiger charge is -2.14. The molecule has 0 radical (unpaired) electrons. The van der Waals surface area contributed by atoms with Gasteiger partial charge >= 0.3 is 12.1 Å². The van der Waals surface area contributed by atoms with Crippen molar-refractivity contribution in [2.24, 2.45) is 4.99 Å². The number of carboxylic acid groups (broad SMARTS) is 1. The summed E-state index contributed by atoms with van der Waals surface area (Å²) < 4.78 is 47.0. The molecule has 0 atom stereocenters. The van der Waals surface area contributed by atoms with Crippen LogP contribution >= 0.6 is 0 Å². The van der Waals surface area contributed by atoms with Crippen molar-refractivity contribution in [3.05, 3.63) is 70.9 Å². The van der Waals surface area contributed by atoms with Crippen molar-refractivity contribution in [3.8, 4) is 0 Å². The van der Waals surface area contributed by atoms with Gasteiger partial charge in [-0.25, -0.2) is 9.79 Å². The predicted octanol–water partition coefficient (Wildman–Crippen LogP) is 5.50. The van der Waals surface area contributed by atoms with Crippen LogP contribution in [-0.4, -0.2) is 33.7 Å². The highest BCUT2D eigenvalue weighted by Crippen LogP contribution is 2.39. The predicted molar refractivity (Wildman–Crippen MR) is 113 cm³/mol. The fraction of sp³-hybridized carbons (Fsp3) is 0.333. The molecular weight excluding hydrogens is 421 g/mol. The van der Waals surface area contributed by atoms with E-state index in [4.69, 9.17) is 9.73 Å². The molecule has 2 heterocycles. The number of alkyl halides is 3. The molecule has 166 valence electrons. The van der Waals surface area contributed by atoms with Crippen LogP contribution in [0.15, 0.2) is 53.5 Å². The van der Waals surface area contributed by atoms with Crippen LogP contribution in [0.3, 0.4) is 0 Å². The summed E-state index contributed by atoms with van der Waals surface area (Å²) in [5.74, 6) is -0.870. The molecule has 3 aromatic rings. The fourth-order valence-electron chi connectivity index (χ4n) is 4.84. The van der Waals surface area contributed by atoms with Crippen LogP contribution in [0, 0.1) is 0 Å². The van der Waals surface area contributed by atoms with E-state index in [9.17, 15) is 23.1 Å². The first-order chi connectivity index (χ1) is 15.3. The van der Waals surface area contributed by atoms with Crippen molar-refractivity contribution in [2.75, 3.05) is 6.61 Å². The molecule has 8 heteroatoms. The van der Waals surface area contributed by atoms with Gasteiger partial charge in [0.15, 0.2) is 0 Å². The number of hydrogen-bond acceptors (Lipinski definition) is 3. The first-order valence-corrected chi connectivity index (χ1v) is 10.5. The Morgan fingerprint density at radius 1 is 1.12 bits per heavy atom. The second kappa shape index (κ2) is 7.39. The Balaban J connectivity index is 1.66. The van der Waals surface area contributed by atoms with Crippen molar-refractivity contribution in [1.29, 1.82) is 0 Å². The molecule has 1 fully saturated rings. The van der Waals surface area contributed by atoms with Gasteiger partial charge in [-0.05, 0) is 36.6 Å². The summed E-state index contributed by atoms with van der Waals surface area (Å²) in [6.45, 7) is 0.402. The number of carboxylic acids is 1. The van der Waals surface area contributed by atoms with Gasteiger partial charge in [0.05, 0.1) is 16.7 Å². The van der Waals surface area contributed by atoms with Gasteiger partial charge in [0.2, 0.25) is 5.90 Å². The molecule has 1 aliphatic heterocycles. The summed E-state index contributed by atoms with van der Waals surface area (Å²) in [6, 6.07) is 12.1. The standard InChI is InChI=1S/C24H21F3N2O3/c25-24(26,27)16-7-5-6-15(12-16)13-29-18-9-2-1-8-17(18)19(20(29)22(30)31)21-28-23(14-32-21)10-3-4-11-23/h1-2,5-9,12H,3-4,10-11,13-14H2,(H,30,31). The average Bonchev–Trinajstić information content (AvgIpc) is 3.46. The zero-order valence-electron chi connectivity index (χ0n) is 17.2. The van der Waals surface area contributed by atoms with Gasteiger partial charge in [0.1, 0.15) is 12.3 Å². The summed E-state index contributed by atoms with van der Waals surface area (Å²) in [4.78, 5) is 17.2. The van der Waals surface area contributed by atoms with Crippen LogP contribution < -0.4 is 0 Å². The summed E-state index contributed by atoms with van der Waals surface area (Å²) in [5.41, 5.74) is 0.263. The first-order valence-electron chi connectivity index (χ1n) is 10.5. The van der Waals surface area contributed by atoms with Gasteiger partial charge in [-0.3, -0.25) is 0 Å². The van der Waals surface area contributed by atoms with Crippen LogP contribution in [0.2, 0.25) is 0 Å². The van der Waals surface area contributed by atoms with Crippen molar-refractivity contribution < 1.29 is 27.8 Å². The van der Waals surface area contributed by atoms with Crippen LogP contribution in [0.4, 0.5) is 13.2 Å². The van der Waals surface area contributed by atoms with Crippen molar-refractivity contribution in [2.45, 2.75) is 43.9 Å². The molecule has 5 nitrogen and oxygen atoms in total. The molecule has 2 aliphatic rings. The number of carbonyl (C=O) groups is 1. The molecule has 2 aromatic carbocycles. The molecule has 5 rings (SSSR count). The third kappa shape index (κ3) is 3.43. The zero-order chi connectivity index (χ0) is 22.5. The van der Waals surface area contributed by atoms with Gasteiger partial charge in [0.25, 0.3) is 0 Å². The molecule has 1 spiro atoms. The molecule has 0 unspecified atom stereocenters. The third-order valence-electron chi connectivity index (χ3n) is 6.33. The largest absolute Gasteiger partial charge is 0.477 e. The fourth-order valence-corrected chi connectivity index (χ4v) is 4.84. The van der Waals surface area contributed by atoms with E-state index in [1.54, 1.807) is 30.3 Å². The number of hydrogen-bond donors (Lipinski definition) is 1. The van der Waals surface area contributed by atoms with Crippen molar-refractivity contribution in [1.82, 2.24) is 4.57 Å². The lowest BCUT2D eigenvalue weighted by Crippen LogP contribution is -2.22. The van der Waals surface area contributed by atoms with E-state index in [-0.39, 0.29) is 17.8 Å². The number of para-hydroxylation sites is 1. The van der Waals surface area contributed by atoms with E-state index >= 15 is 0 Å². The first kappa shape index (κ1) is 20.6. The highest BCUT2D eigenvalue weighted by Gasteiger charge is 2.41. The molecule has 0 amide bonds. The number of aromatic nitrogens is 1. The van der Waals surface area contributed by atoms with Crippen LogP contribution in [0.1, 0.15) is 52.9 Å². The number of benzene rings is 2. The third-order valence-corrected chi connectivity index (χ3v) is 6.33. The smallest absolute Gasteiger partial charge is 0.416 e. The molecule has 1 N–H and O–H groups in total. The van der Waals surface area contributed by atoms with E-state index in [0.29, 0.717) is 34.5 Å². The van der Waals surface area contributed by atoms with Crippen LogP contribution in [-0.2, 0) is 17.5 Å². The molecule has 0 saturated heterocycles. The summed E-state index contributed by atoms with van der Waals surface area (Å²) >= 11 is 0. The molecule has 1 aromatic heterocycles. The van der Waals surface area contributed by atoms with E-state index in [0.717, 1.165) is 37.8 Å². The maximum Gasteiger partial charge on any atom is 0.416 e. The summed E-state index contributed by atoms with van der Waals surface area (Å²) in [5, 5.41) is 10.8.